The first-order chi connectivity index (χ1) is 8.06. The molecule has 7 heteroatoms. The Balaban J connectivity index is 2.77. The lowest BCUT2D eigenvalue weighted by Gasteiger charge is -2.12. The molecule has 1 unspecified atom stereocenters. The molecule has 6 nitrogen and oxygen atoms in total. The SMILES string of the molecule is [N-]=[N+]=C1CC(=O)c2c(cccc2S(=O)O)C1=O. The van der Waals surface area contributed by atoms with E-state index < -0.39 is 22.6 Å². The molecule has 0 aromatic heterocycles. The molecule has 17 heavy (non-hydrogen) atoms. The van der Waals surface area contributed by atoms with Crippen LogP contribution in [0.4, 0.5) is 0 Å². The number of carbonyl (C=O) groups is 2. The summed E-state index contributed by atoms with van der Waals surface area (Å²) in [6.45, 7) is 0. The molecule has 1 atom stereocenters. The number of hydrogen-bond donors (Lipinski definition) is 1. The number of Topliss-reactive ketones (excluding diaryl/α,β-unsaturated/α-hetero) is 2. The molecule has 0 radical (unpaired) electrons. The molecule has 0 bridgehead atoms. The minimum absolute atomic E-state index is 0.00560. The van der Waals surface area contributed by atoms with Crippen molar-refractivity contribution in [2.24, 2.45) is 0 Å². The molecular formula is C10H6N2O4S. The molecule has 0 fully saturated rings. The van der Waals surface area contributed by atoms with Gasteiger partial charge >= 0.3 is 5.71 Å². The van der Waals surface area contributed by atoms with Crippen LogP contribution in [0, 0.1) is 0 Å². The van der Waals surface area contributed by atoms with Gasteiger partial charge in [0.05, 0.1) is 4.90 Å². The molecule has 0 heterocycles. The standard InChI is InChI=1S/C10H6N2O4S/c11-12-6-4-7(13)9-5(10(6)14)2-1-3-8(9)17(15)16/h1-3H,4H2,(H,15,16). The summed E-state index contributed by atoms with van der Waals surface area (Å²) in [4.78, 5) is 26.1. The van der Waals surface area contributed by atoms with Gasteiger partial charge in [0.1, 0.15) is 6.42 Å². The highest BCUT2D eigenvalue weighted by Gasteiger charge is 2.37. The van der Waals surface area contributed by atoms with Crippen LogP contribution >= 0.6 is 0 Å². The molecular weight excluding hydrogens is 244 g/mol. The fraction of sp³-hybridized carbons (Fsp3) is 0.100. The van der Waals surface area contributed by atoms with Gasteiger partial charge in [0.15, 0.2) is 16.9 Å². The fourth-order valence-corrected chi connectivity index (χ4v) is 2.30. The molecule has 1 aliphatic carbocycles. The first-order valence-corrected chi connectivity index (χ1v) is 5.69. The average molecular weight is 250 g/mol. The zero-order valence-electron chi connectivity index (χ0n) is 8.41. The molecule has 0 spiro atoms. The quantitative estimate of drug-likeness (QED) is 0.449. The zero-order valence-corrected chi connectivity index (χ0v) is 9.23. The van der Waals surface area contributed by atoms with Crippen molar-refractivity contribution in [2.45, 2.75) is 11.3 Å². The lowest BCUT2D eigenvalue weighted by Crippen LogP contribution is -2.29. The number of carbonyl (C=O) groups excluding carboxylic acids is 2. The third kappa shape index (κ3) is 1.76. The minimum Gasteiger partial charge on any atom is -0.361 e. The van der Waals surface area contributed by atoms with Gasteiger partial charge < -0.3 is 10.1 Å². The third-order valence-electron chi connectivity index (χ3n) is 2.45. The summed E-state index contributed by atoms with van der Waals surface area (Å²) < 4.78 is 20.1. The summed E-state index contributed by atoms with van der Waals surface area (Å²) in [5.41, 5.74) is 8.26. The Morgan fingerprint density at radius 1 is 1.35 bits per heavy atom. The number of fused-ring (bicyclic) bond motifs is 1. The highest BCUT2D eigenvalue weighted by Crippen LogP contribution is 2.24. The Hall–Kier alpha value is -1.95. The maximum absolute atomic E-state index is 11.7. The molecule has 0 saturated heterocycles. The van der Waals surface area contributed by atoms with Crippen LogP contribution in [0.25, 0.3) is 5.53 Å². The maximum atomic E-state index is 11.7. The molecule has 1 aromatic rings. The van der Waals surface area contributed by atoms with E-state index in [1.54, 1.807) is 0 Å². The van der Waals surface area contributed by atoms with Crippen LogP contribution in [0.15, 0.2) is 23.1 Å². The van der Waals surface area contributed by atoms with Gasteiger partial charge in [-0.05, 0) is 12.1 Å². The molecule has 1 N–H and O–H groups in total. The summed E-state index contributed by atoms with van der Waals surface area (Å²) in [7, 11) is 0. The lowest BCUT2D eigenvalue weighted by atomic mass is 9.88. The van der Waals surface area contributed by atoms with Crippen molar-refractivity contribution >= 4 is 28.4 Å². The van der Waals surface area contributed by atoms with E-state index in [0.717, 1.165) is 0 Å². The van der Waals surface area contributed by atoms with Gasteiger partial charge in [-0.2, -0.15) is 4.79 Å². The molecule has 2 rings (SSSR count). The molecule has 1 aliphatic rings. The Morgan fingerprint density at radius 2 is 2.06 bits per heavy atom. The van der Waals surface area contributed by atoms with Crippen LogP contribution in [-0.2, 0) is 11.1 Å². The van der Waals surface area contributed by atoms with Gasteiger partial charge in [0, 0.05) is 11.1 Å². The van der Waals surface area contributed by atoms with E-state index in [2.05, 4.69) is 4.79 Å². The first kappa shape index (κ1) is 11.5. The second kappa shape index (κ2) is 4.14. The summed E-state index contributed by atoms with van der Waals surface area (Å²) in [5.74, 6) is -1.11. The van der Waals surface area contributed by atoms with Crippen LogP contribution in [0.3, 0.4) is 0 Å². The molecule has 0 amide bonds. The van der Waals surface area contributed by atoms with Crippen molar-refractivity contribution in [2.75, 3.05) is 0 Å². The number of benzene rings is 1. The number of ketones is 2. The van der Waals surface area contributed by atoms with Gasteiger partial charge in [-0.1, -0.05) is 6.07 Å². The van der Waals surface area contributed by atoms with Crippen LogP contribution < -0.4 is 0 Å². The highest BCUT2D eigenvalue weighted by atomic mass is 32.2. The summed E-state index contributed by atoms with van der Waals surface area (Å²) in [6.07, 6.45) is -0.365. The topological polar surface area (TPSA) is 108 Å². The van der Waals surface area contributed by atoms with E-state index in [1.165, 1.54) is 18.2 Å². The van der Waals surface area contributed by atoms with Crippen molar-refractivity contribution in [3.8, 4) is 0 Å². The van der Waals surface area contributed by atoms with Crippen LogP contribution in [0.5, 0.6) is 0 Å². The van der Waals surface area contributed by atoms with Crippen LogP contribution in [0.2, 0.25) is 0 Å². The van der Waals surface area contributed by atoms with Gasteiger partial charge in [0.25, 0.3) is 5.78 Å². The van der Waals surface area contributed by atoms with E-state index in [-0.39, 0.29) is 28.2 Å². The Morgan fingerprint density at radius 3 is 2.65 bits per heavy atom. The summed E-state index contributed by atoms with van der Waals surface area (Å²) in [5, 5.41) is 0. The number of nitrogens with zero attached hydrogens (tertiary/aromatic N) is 2. The first-order valence-electron chi connectivity index (χ1n) is 4.59. The van der Waals surface area contributed by atoms with Crippen molar-refractivity contribution < 1.29 is 23.1 Å². The Bertz CT molecular complexity index is 617. The number of hydrogen-bond acceptors (Lipinski definition) is 3. The summed E-state index contributed by atoms with van der Waals surface area (Å²) in [6, 6.07) is 4.06. The van der Waals surface area contributed by atoms with Crippen LogP contribution in [0.1, 0.15) is 27.1 Å². The van der Waals surface area contributed by atoms with Crippen molar-refractivity contribution in [3.63, 3.8) is 0 Å². The average Bonchev–Trinajstić information content (AvgIpc) is 2.32. The van der Waals surface area contributed by atoms with Crippen molar-refractivity contribution in [1.82, 2.24) is 0 Å². The van der Waals surface area contributed by atoms with Gasteiger partial charge in [-0.25, -0.2) is 4.21 Å². The van der Waals surface area contributed by atoms with E-state index >= 15 is 0 Å². The monoisotopic (exact) mass is 250 g/mol. The lowest BCUT2D eigenvalue weighted by molar-refractivity contribution is -0.00892. The Kier molecular flexibility index (Phi) is 2.81. The fourth-order valence-electron chi connectivity index (χ4n) is 1.71. The molecule has 86 valence electrons. The van der Waals surface area contributed by atoms with Crippen LogP contribution in [-0.4, -0.2) is 30.8 Å². The summed E-state index contributed by atoms with van der Waals surface area (Å²) >= 11 is -2.34. The largest absolute Gasteiger partial charge is 0.361 e. The van der Waals surface area contributed by atoms with Gasteiger partial charge in [-0.15, -0.1) is 0 Å². The van der Waals surface area contributed by atoms with Crippen molar-refractivity contribution in [3.05, 3.63) is 34.9 Å². The highest BCUT2D eigenvalue weighted by molar-refractivity contribution is 7.79. The zero-order chi connectivity index (χ0) is 12.6. The predicted octanol–water partition coefficient (Wildman–Crippen LogP) is 0.707. The van der Waals surface area contributed by atoms with Gasteiger partial charge in [0.2, 0.25) is 0 Å². The molecule has 1 aromatic carbocycles. The second-order valence-electron chi connectivity index (χ2n) is 3.40. The second-order valence-corrected chi connectivity index (χ2v) is 4.34. The van der Waals surface area contributed by atoms with Crippen molar-refractivity contribution in [1.29, 1.82) is 0 Å². The minimum atomic E-state index is -2.34. The Labute approximate surface area is 98.2 Å². The molecule has 0 aliphatic heterocycles. The maximum Gasteiger partial charge on any atom is 0.347 e. The predicted molar refractivity (Wildman–Crippen MR) is 57.4 cm³/mol. The normalized spacial score (nSPS) is 16.4. The third-order valence-corrected chi connectivity index (χ3v) is 3.17. The molecule has 0 saturated carbocycles. The van der Waals surface area contributed by atoms with E-state index in [0.29, 0.717) is 0 Å². The number of rotatable bonds is 1. The van der Waals surface area contributed by atoms with E-state index in [1.807, 2.05) is 0 Å². The van der Waals surface area contributed by atoms with E-state index in [4.69, 9.17) is 10.1 Å². The smallest absolute Gasteiger partial charge is 0.347 e. The van der Waals surface area contributed by atoms with E-state index in [9.17, 15) is 13.8 Å². The van der Waals surface area contributed by atoms with Gasteiger partial charge in [-0.3, -0.25) is 9.59 Å².